The first-order chi connectivity index (χ1) is 12.6. The molecule has 0 aliphatic carbocycles. The molecule has 2 aromatic rings. The van der Waals surface area contributed by atoms with Gasteiger partial charge >= 0.3 is 0 Å². The number of aromatic amines is 1. The number of halogens is 1. The zero-order chi connectivity index (χ0) is 18.1. The Labute approximate surface area is 149 Å². The zero-order valence-electron chi connectivity index (χ0n) is 14.3. The van der Waals surface area contributed by atoms with Crippen molar-refractivity contribution < 1.29 is 18.7 Å². The van der Waals surface area contributed by atoms with E-state index in [1.165, 1.54) is 11.0 Å². The molecule has 2 N–H and O–H groups in total. The molecule has 2 fully saturated rings. The Bertz CT molecular complexity index is 831. The SMILES string of the molecule is O=C(NCC1CCOCC1)[C@@H]1CC(=O)N(c2n[nH]c3cccc(F)c23)C1. The van der Waals surface area contributed by atoms with E-state index in [1.54, 1.807) is 12.1 Å². The van der Waals surface area contributed by atoms with E-state index < -0.39 is 11.7 Å². The number of nitrogens with one attached hydrogen (secondary N) is 2. The van der Waals surface area contributed by atoms with E-state index in [-0.39, 0.29) is 36.0 Å². The Morgan fingerprint density at radius 2 is 2.19 bits per heavy atom. The Morgan fingerprint density at radius 3 is 3.00 bits per heavy atom. The van der Waals surface area contributed by atoms with E-state index in [2.05, 4.69) is 15.5 Å². The third kappa shape index (κ3) is 3.16. The maximum atomic E-state index is 14.2. The summed E-state index contributed by atoms with van der Waals surface area (Å²) in [7, 11) is 0. The minimum absolute atomic E-state index is 0.114. The van der Waals surface area contributed by atoms with Gasteiger partial charge in [-0.25, -0.2) is 4.39 Å². The van der Waals surface area contributed by atoms with Gasteiger partial charge in [0.25, 0.3) is 0 Å². The number of H-pyrrole nitrogens is 1. The molecule has 1 aromatic carbocycles. The molecule has 138 valence electrons. The molecule has 0 unspecified atom stereocenters. The third-order valence-electron chi connectivity index (χ3n) is 5.18. The van der Waals surface area contributed by atoms with Crippen LogP contribution in [0.5, 0.6) is 0 Å². The van der Waals surface area contributed by atoms with E-state index in [9.17, 15) is 14.0 Å². The average Bonchev–Trinajstić information content (AvgIpc) is 3.25. The fraction of sp³-hybridized carbons (Fsp3) is 0.500. The molecule has 26 heavy (non-hydrogen) atoms. The van der Waals surface area contributed by atoms with Gasteiger partial charge in [0.2, 0.25) is 11.8 Å². The van der Waals surface area contributed by atoms with Crippen molar-refractivity contribution in [1.29, 1.82) is 0 Å². The van der Waals surface area contributed by atoms with E-state index in [1.807, 2.05) is 0 Å². The number of anilines is 1. The van der Waals surface area contributed by atoms with Gasteiger partial charge in [0.15, 0.2) is 5.82 Å². The Kier molecular flexibility index (Phi) is 4.58. The highest BCUT2D eigenvalue weighted by Gasteiger charge is 2.37. The summed E-state index contributed by atoms with van der Waals surface area (Å²) in [6.07, 6.45) is 1.99. The van der Waals surface area contributed by atoms with Crippen molar-refractivity contribution >= 4 is 28.5 Å². The summed E-state index contributed by atoms with van der Waals surface area (Å²) in [4.78, 5) is 26.3. The number of hydrogen-bond donors (Lipinski definition) is 2. The second-order valence-corrected chi connectivity index (χ2v) is 6.92. The van der Waals surface area contributed by atoms with Crippen LogP contribution in [0, 0.1) is 17.7 Å². The molecule has 2 aliphatic rings. The second kappa shape index (κ2) is 7.03. The highest BCUT2D eigenvalue weighted by atomic mass is 19.1. The minimum atomic E-state index is -0.444. The number of nitrogens with zero attached hydrogens (tertiary/aromatic N) is 2. The third-order valence-corrected chi connectivity index (χ3v) is 5.18. The van der Waals surface area contributed by atoms with Crippen LogP contribution in [0.2, 0.25) is 0 Å². The summed E-state index contributed by atoms with van der Waals surface area (Å²) in [5, 5.41) is 10.1. The fourth-order valence-electron chi connectivity index (χ4n) is 3.64. The Morgan fingerprint density at radius 1 is 1.38 bits per heavy atom. The van der Waals surface area contributed by atoms with Crippen LogP contribution in [0.25, 0.3) is 10.9 Å². The smallest absolute Gasteiger partial charge is 0.229 e. The standard InChI is InChI=1S/C18H21FN4O3/c19-13-2-1-3-14-16(13)17(22-21-14)23-10-12(8-15(23)24)18(25)20-9-11-4-6-26-7-5-11/h1-3,11-12H,4-10H2,(H,20,25)(H,21,22)/t12-/m1/s1. The van der Waals surface area contributed by atoms with Crippen molar-refractivity contribution in [2.75, 3.05) is 31.2 Å². The highest BCUT2D eigenvalue weighted by Crippen LogP contribution is 2.31. The summed E-state index contributed by atoms with van der Waals surface area (Å²) in [6, 6.07) is 4.62. The molecule has 2 amide bonds. The predicted molar refractivity (Wildman–Crippen MR) is 93.1 cm³/mol. The van der Waals surface area contributed by atoms with Crippen LogP contribution >= 0.6 is 0 Å². The summed E-state index contributed by atoms with van der Waals surface area (Å²) >= 11 is 0. The van der Waals surface area contributed by atoms with E-state index in [0.717, 1.165) is 26.1 Å². The number of aromatic nitrogens is 2. The van der Waals surface area contributed by atoms with Crippen molar-refractivity contribution in [2.24, 2.45) is 11.8 Å². The van der Waals surface area contributed by atoms with Crippen LogP contribution in [-0.4, -0.2) is 48.3 Å². The van der Waals surface area contributed by atoms with Crippen LogP contribution in [0.1, 0.15) is 19.3 Å². The maximum absolute atomic E-state index is 14.2. The molecule has 8 heteroatoms. The molecule has 3 heterocycles. The molecule has 2 saturated heterocycles. The van der Waals surface area contributed by atoms with Gasteiger partial charge in [-0.05, 0) is 30.9 Å². The minimum Gasteiger partial charge on any atom is -0.381 e. The van der Waals surface area contributed by atoms with Crippen molar-refractivity contribution in [3.8, 4) is 0 Å². The van der Waals surface area contributed by atoms with Crippen molar-refractivity contribution in [2.45, 2.75) is 19.3 Å². The average molecular weight is 360 g/mol. The molecule has 4 rings (SSSR count). The second-order valence-electron chi connectivity index (χ2n) is 6.92. The summed E-state index contributed by atoms with van der Waals surface area (Å²) in [5.41, 5.74) is 0.528. The van der Waals surface area contributed by atoms with Gasteiger partial charge in [-0.15, -0.1) is 0 Å². The van der Waals surface area contributed by atoms with Gasteiger partial charge in [0.05, 0.1) is 16.8 Å². The quantitative estimate of drug-likeness (QED) is 0.867. The zero-order valence-corrected chi connectivity index (χ0v) is 14.3. The lowest BCUT2D eigenvalue weighted by Gasteiger charge is -2.22. The van der Waals surface area contributed by atoms with E-state index in [4.69, 9.17) is 4.74 Å². The molecule has 0 radical (unpaired) electrons. The van der Waals surface area contributed by atoms with Crippen molar-refractivity contribution in [3.63, 3.8) is 0 Å². The van der Waals surface area contributed by atoms with Crippen molar-refractivity contribution in [3.05, 3.63) is 24.0 Å². The van der Waals surface area contributed by atoms with Gasteiger partial charge in [-0.2, -0.15) is 5.10 Å². The number of amides is 2. The van der Waals surface area contributed by atoms with Crippen LogP contribution in [0.3, 0.4) is 0 Å². The van der Waals surface area contributed by atoms with Gasteiger partial charge in [-0.3, -0.25) is 19.6 Å². The number of rotatable bonds is 4. The molecular weight excluding hydrogens is 339 g/mol. The monoisotopic (exact) mass is 360 g/mol. The largest absolute Gasteiger partial charge is 0.381 e. The molecule has 7 nitrogen and oxygen atoms in total. The molecule has 1 atom stereocenters. The molecule has 0 spiro atoms. The summed E-state index contributed by atoms with van der Waals surface area (Å²) < 4.78 is 19.5. The van der Waals surface area contributed by atoms with E-state index >= 15 is 0 Å². The number of benzene rings is 1. The topological polar surface area (TPSA) is 87.3 Å². The number of carbonyl (C=O) groups excluding carboxylic acids is 2. The van der Waals surface area contributed by atoms with Crippen LogP contribution in [-0.2, 0) is 14.3 Å². The normalized spacial score (nSPS) is 21.5. The lowest BCUT2D eigenvalue weighted by molar-refractivity contribution is -0.126. The highest BCUT2D eigenvalue weighted by molar-refractivity contribution is 6.05. The lowest BCUT2D eigenvalue weighted by Crippen LogP contribution is -2.37. The number of carbonyl (C=O) groups is 2. The summed E-state index contributed by atoms with van der Waals surface area (Å²) in [5.74, 6) is -0.555. The number of hydrogen-bond acceptors (Lipinski definition) is 4. The Balaban J connectivity index is 1.43. The first kappa shape index (κ1) is 17.0. The lowest BCUT2D eigenvalue weighted by atomic mass is 10.00. The maximum Gasteiger partial charge on any atom is 0.229 e. The predicted octanol–water partition coefficient (Wildman–Crippen LogP) is 1.60. The summed E-state index contributed by atoms with van der Waals surface area (Å²) in [6.45, 7) is 2.28. The van der Waals surface area contributed by atoms with Crippen molar-refractivity contribution in [1.82, 2.24) is 15.5 Å². The van der Waals surface area contributed by atoms with Crippen LogP contribution < -0.4 is 10.2 Å². The van der Waals surface area contributed by atoms with Crippen LogP contribution in [0.15, 0.2) is 18.2 Å². The molecule has 2 aliphatic heterocycles. The fourth-order valence-corrected chi connectivity index (χ4v) is 3.64. The van der Waals surface area contributed by atoms with Gasteiger partial charge in [-0.1, -0.05) is 6.07 Å². The molecule has 0 bridgehead atoms. The molecule has 0 saturated carbocycles. The molecular formula is C18H21FN4O3. The van der Waals surface area contributed by atoms with Gasteiger partial charge < -0.3 is 10.1 Å². The number of ether oxygens (including phenoxy) is 1. The number of fused-ring (bicyclic) bond motifs is 1. The van der Waals surface area contributed by atoms with Gasteiger partial charge in [0.1, 0.15) is 5.82 Å². The van der Waals surface area contributed by atoms with Gasteiger partial charge in [0, 0.05) is 32.7 Å². The van der Waals surface area contributed by atoms with E-state index in [0.29, 0.717) is 18.0 Å². The molecule has 1 aromatic heterocycles. The Hall–Kier alpha value is -2.48. The van der Waals surface area contributed by atoms with Crippen LogP contribution in [0.4, 0.5) is 10.2 Å². The first-order valence-electron chi connectivity index (χ1n) is 8.92. The first-order valence-corrected chi connectivity index (χ1v) is 8.92.